The van der Waals surface area contributed by atoms with Crippen LogP contribution in [0.3, 0.4) is 0 Å². The van der Waals surface area contributed by atoms with Crippen molar-refractivity contribution >= 4 is 5.82 Å². The first kappa shape index (κ1) is 12.3. The average Bonchev–Trinajstić information content (AvgIpc) is 2.56. The lowest BCUT2D eigenvalue weighted by molar-refractivity contribution is 0.202. The van der Waals surface area contributed by atoms with Crippen LogP contribution in [0, 0.1) is 0 Å². The maximum Gasteiger partial charge on any atom is 0.158 e. The molecule has 1 unspecified atom stereocenters. The zero-order valence-electron chi connectivity index (χ0n) is 10.4. The van der Waals surface area contributed by atoms with Gasteiger partial charge in [0.1, 0.15) is 0 Å². The van der Waals surface area contributed by atoms with Gasteiger partial charge in [0.15, 0.2) is 5.82 Å². The zero-order chi connectivity index (χ0) is 12.1. The molecule has 0 aliphatic carbocycles. The Balaban J connectivity index is 1.98. The summed E-state index contributed by atoms with van der Waals surface area (Å²) < 4.78 is 0. The minimum Gasteiger partial charge on any atom is -0.307 e. The van der Waals surface area contributed by atoms with Crippen molar-refractivity contribution in [3.05, 3.63) is 18.1 Å². The predicted octanol–water partition coefficient (Wildman–Crippen LogP) is 1.53. The van der Waals surface area contributed by atoms with E-state index in [-0.39, 0.29) is 0 Å². The fourth-order valence-corrected chi connectivity index (χ4v) is 2.29. The molecule has 2 heterocycles. The summed E-state index contributed by atoms with van der Waals surface area (Å²) in [6.45, 7) is 4.35. The molecule has 0 saturated carbocycles. The molecular weight excluding hydrogens is 214 g/mol. The van der Waals surface area contributed by atoms with Crippen LogP contribution in [0.2, 0.25) is 0 Å². The Bertz CT molecular complexity index is 337. The molecule has 1 atom stereocenters. The zero-order valence-corrected chi connectivity index (χ0v) is 10.4. The molecule has 2 rings (SSSR count). The van der Waals surface area contributed by atoms with Gasteiger partial charge in [-0.2, -0.15) is 0 Å². The molecule has 1 aromatic rings. The van der Waals surface area contributed by atoms with Crippen LogP contribution in [0.25, 0.3) is 0 Å². The number of hydrazine groups is 1. The molecule has 0 bridgehead atoms. The molecule has 1 fully saturated rings. The molecule has 1 aromatic heterocycles. The second-order valence-corrected chi connectivity index (χ2v) is 4.71. The van der Waals surface area contributed by atoms with E-state index in [1.165, 1.54) is 32.2 Å². The minimum atomic E-state index is 0.609. The van der Waals surface area contributed by atoms with Crippen LogP contribution in [-0.2, 0) is 6.54 Å². The van der Waals surface area contributed by atoms with Crippen molar-refractivity contribution in [1.29, 1.82) is 0 Å². The highest BCUT2D eigenvalue weighted by Gasteiger charge is 2.17. The van der Waals surface area contributed by atoms with Crippen LogP contribution >= 0.6 is 0 Å². The summed E-state index contributed by atoms with van der Waals surface area (Å²) >= 11 is 0. The number of anilines is 1. The molecule has 0 amide bonds. The molecule has 0 aromatic carbocycles. The van der Waals surface area contributed by atoms with Crippen molar-refractivity contribution in [1.82, 2.24) is 14.9 Å². The van der Waals surface area contributed by atoms with E-state index in [0.717, 1.165) is 12.2 Å². The summed E-state index contributed by atoms with van der Waals surface area (Å²) in [4.78, 5) is 11.0. The molecular formula is C12H21N5. The third kappa shape index (κ3) is 3.38. The highest BCUT2D eigenvalue weighted by molar-refractivity contribution is 5.28. The number of hydrogen-bond donors (Lipinski definition) is 2. The molecule has 5 heteroatoms. The van der Waals surface area contributed by atoms with Gasteiger partial charge in [0.25, 0.3) is 0 Å². The summed E-state index contributed by atoms with van der Waals surface area (Å²) in [5.41, 5.74) is 3.50. The number of hydrogen-bond acceptors (Lipinski definition) is 5. The van der Waals surface area contributed by atoms with E-state index in [9.17, 15) is 0 Å². The fraction of sp³-hybridized carbons (Fsp3) is 0.667. The standard InChI is InChI=1S/C12H21N5/c1-10-5-3-2-4-6-17(10)9-11-7-15-12(16-13)8-14-11/h7-8,10H,2-6,9,13H2,1H3,(H,15,16). The molecule has 5 nitrogen and oxygen atoms in total. The second kappa shape index (κ2) is 5.93. The molecule has 1 saturated heterocycles. The van der Waals surface area contributed by atoms with Crippen LogP contribution in [0.5, 0.6) is 0 Å². The molecule has 1 aliphatic rings. The monoisotopic (exact) mass is 235 g/mol. The minimum absolute atomic E-state index is 0.609. The van der Waals surface area contributed by atoms with E-state index in [1.807, 2.05) is 0 Å². The highest BCUT2D eigenvalue weighted by Crippen LogP contribution is 2.18. The normalized spacial score (nSPS) is 22.1. The maximum absolute atomic E-state index is 5.26. The third-order valence-electron chi connectivity index (χ3n) is 3.41. The number of aromatic nitrogens is 2. The molecule has 0 spiro atoms. The lowest BCUT2D eigenvalue weighted by atomic mass is 10.1. The van der Waals surface area contributed by atoms with E-state index in [0.29, 0.717) is 11.9 Å². The smallest absolute Gasteiger partial charge is 0.158 e. The van der Waals surface area contributed by atoms with Gasteiger partial charge in [-0.1, -0.05) is 12.8 Å². The molecule has 3 N–H and O–H groups in total. The summed E-state index contributed by atoms with van der Waals surface area (Å²) in [6, 6.07) is 0.645. The van der Waals surface area contributed by atoms with Crippen molar-refractivity contribution in [3.8, 4) is 0 Å². The SMILES string of the molecule is CC1CCCCCN1Cc1cnc(NN)cn1. The van der Waals surface area contributed by atoms with Crippen LogP contribution in [0.4, 0.5) is 5.82 Å². The van der Waals surface area contributed by atoms with Crippen LogP contribution in [-0.4, -0.2) is 27.5 Å². The van der Waals surface area contributed by atoms with Crippen molar-refractivity contribution in [3.63, 3.8) is 0 Å². The molecule has 94 valence electrons. The van der Waals surface area contributed by atoms with Crippen molar-refractivity contribution in [2.45, 2.75) is 45.2 Å². The summed E-state index contributed by atoms with van der Waals surface area (Å²) in [6.07, 6.45) is 8.75. The van der Waals surface area contributed by atoms with Crippen LogP contribution in [0.15, 0.2) is 12.4 Å². The van der Waals surface area contributed by atoms with E-state index >= 15 is 0 Å². The van der Waals surface area contributed by atoms with Gasteiger partial charge in [0.2, 0.25) is 0 Å². The van der Waals surface area contributed by atoms with Gasteiger partial charge in [0.05, 0.1) is 18.1 Å². The van der Waals surface area contributed by atoms with E-state index in [4.69, 9.17) is 5.84 Å². The number of nitrogen functional groups attached to an aromatic ring is 1. The Hall–Kier alpha value is -1.20. The fourth-order valence-electron chi connectivity index (χ4n) is 2.29. The van der Waals surface area contributed by atoms with Crippen molar-refractivity contribution in [2.75, 3.05) is 12.0 Å². The van der Waals surface area contributed by atoms with Gasteiger partial charge in [0, 0.05) is 12.6 Å². The van der Waals surface area contributed by atoms with Gasteiger partial charge >= 0.3 is 0 Å². The average molecular weight is 235 g/mol. The molecule has 1 aliphatic heterocycles. The second-order valence-electron chi connectivity index (χ2n) is 4.71. The first-order valence-corrected chi connectivity index (χ1v) is 6.31. The van der Waals surface area contributed by atoms with Gasteiger partial charge in [-0.25, -0.2) is 10.8 Å². The molecule has 17 heavy (non-hydrogen) atoms. The van der Waals surface area contributed by atoms with E-state index in [1.54, 1.807) is 12.4 Å². The number of likely N-dealkylation sites (tertiary alicyclic amines) is 1. The van der Waals surface area contributed by atoms with Crippen LogP contribution < -0.4 is 11.3 Å². The summed E-state index contributed by atoms with van der Waals surface area (Å²) in [5, 5.41) is 0. The summed E-state index contributed by atoms with van der Waals surface area (Å²) in [5.74, 6) is 5.87. The Morgan fingerprint density at radius 2 is 2.24 bits per heavy atom. The van der Waals surface area contributed by atoms with Gasteiger partial charge in [-0.3, -0.25) is 9.88 Å². The van der Waals surface area contributed by atoms with Crippen LogP contribution in [0.1, 0.15) is 38.3 Å². The van der Waals surface area contributed by atoms with Crippen molar-refractivity contribution < 1.29 is 0 Å². The lowest BCUT2D eigenvalue weighted by Gasteiger charge is -2.26. The lowest BCUT2D eigenvalue weighted by Crippen LogP contribution is -2.32. The van der Waals surface area contributed by atoms with Crippen molar-refractivity contribution in [2.24, 2.45) is 5.84 Å². The Labute approximate surface area is 102 Å². The first-order valence-electron chi connectivity index (χ1n) is 6.31. The number of nitrogens with two attached hydrogens (primary N) is 1. The maximum atomic E-state index is 5.26. The number of nitrogens with zero attached hydrogens (tertiary/aromatic N) is 3. The quantitative estimate of drug-likeness (QED) is 0.614. The number of rotatable bonds is 3. The van der Waals surface area contributed by atoms with E-state index in [2.05, 4.69) is 27.2 Å². The Kier molecular flexibility index (Phi) is 4.28. The Morgan fingerprint density at radius 3 is 2.94 bits per heavy atom. The number of nitrogens with one attached hydrogen (secondary N) is 1. The molecule has 0 radical (unpaired) electrons. The third-order valence-corrected chi connectivity index (χ3v) is 3.41. The Morgan fingerprint density at radius 1 is 1.35 bits per heavy atom. The predicted molar refractivity (Wildman–Crippen MR) is 68.2 cm³/mol. The van der Waals surface area contributed by atoms with Gasteiger partial charge in [-0.05, 0) is 26.3 Å². The largest absolute Gasteiger partial charge is 0.307 e. The summed E-state index contributed by atoms with van der Waals surface area (Å²) in [7, 11) is 0. The van der Waals surface area contributed by atoms with Gasteiger partial charge in [-0.15, -0.1) is 0 Å². The van der Waals surface area contributed by atoms with Gasteiger partial charge < -0.3 is 5.43 Å². The first-order chi connectivity index (χ1) is 8.29. The topological polar surface area (TPSA) is 67.1 Å². The highest BCUT2D eigenvalue weighted by atomic mass is 15.3. The van der Waals surface area contributed by atoms with E-state index < -0.39 is 0 Å².